The van der Waals surface area contributed by atoms with Crippen LogP contribution >= 0.6 is 23.6 Å². The number of thiophene rings is 1. The van der Waals surface area contributed by atoms with Crippen molar-refractivity contribution < 1.29 is 0 Å². The molecule has 0 spiro atoms. The number of aromatic amines is 1. The van der Waals surface area contributed by atoms with Crippen molar-refractivity contribution in [1.82, 2.24) is 14.9 Å². The summed E-state index contributed by atoms with van der Waals surface area (Å²) >= 11 is 6.85. The van der Waals surface area contributed by atoms with Crippen molar-refractivity contribution in [3.8, 4) is 10.7 Å². The normalized spacial score (nSPS) is 11.2. The summed E-state index contributed by atoms with van der Waals surface area (Å²) in [6, 6.07) is 12.1. The minimum atomic E-state index is 0.476. The zero-order valence-electron chi connectivity index (χ0n) is 12.2. The predicted octanol–water partition coefficient (Wildman–Crippen LogP) is 3.62. The van der Waals surface area contributed by atoms with Crippen molar-refractivity contribution in [2.24, 2.45) is 5.10 Å². The Morgan fingerprint density at radius 2 is 2.05 bits per heavy atom. The Kier molecular flexibility index (Phi) is 4.17. The summed E-state index contributed by atoms with van der Waals surface area (Å²) in [4.78, 5) is 3.08. The fourth-order valence-electron chi connectivity index (χ4n) is 1.95. The van der Waals surface area contributed by atoms with E-state index in [4.69, 9.17) is 12.2 Å². The number of aromatic nitrogens is 3. The van der Waals surface area contributed by atoms with E-state index in [1.165, 1.54) is 0 Å². The van der Waals surface area contributed by atoms with Gasteiger partial charge in [0.15, 0.2) is 5.82 Å². The third-order valence-corrected chi connectivity index (χ3v) is 4.25. The van der Waals surface area contributed by atoms with Gasteiger partial charge in [-0.1, -0.05) is 18.2 Å². The van der Waals surface area contributed by atoms with E-state index in [2.05, 4.69) is 32.3 Å². The summed E-state index contributed by atoms with van der Waals surface area (Å²) < 4.78 is 2.12. The first-order valence-electron chi connectivity index (χ1n) is 6.68. The molecule has 0 amide bonds. The van der Waals surface area contributed by atoms with Crippen molar-refractivity contribution in [2.45, 2.75) is 0 Å². The number of benzene rings is 1. The summed E-state index contributed by atoms with van der Waals surface area (Å²) in [5.74, 6) is 0.723. The van der Waals surface area contributed by atoms with Crippen LogP contribution in [0.4, 0.5) is 5.69 Å². The SMILES string of the molecule is CN(C)c1ccc(/C=N\n2c(-c3cccs3)n[nH]c2=S)cc1. The Bertz CT molecular complexity index is 826. The van der Waals surface area contributed by atoms with Crippen LogP contribution in [0.3, 0.4) is 0 Å². The molecule has 7 heteroatoms. The summed E-state index contributed by atoms with van der Waals surface area (Å²) in [5.41, 5.74) is 2.15. The van der Waals surface area contributed by atoms with Gasteiger partial charge in [-0.05, 0) is 41.4 Å². The van der Waals surface area contributed by atoms with Crippen LogP contribution in [0.2, 0.25) is 0 Å². The van der Waals surface area contributed by atoms with E-state index in [1.54, 1.807) is 22.2 Å². The quantitative estimate of drug-likeness (QED) is 0.587. The lowest BCUT2D eigenvalue weighted by Crippen LogP contribution is -2.08. The number of hydrogen-bond acceptors (Lipinski definition) is 5. The van der Waals surface area contributed by atoms with E-state index < -0.39 is 0 Å². The van der Waals surface area contributed by atoms with Crippen LogP contribution in [0, 0.1) is 4.77 Å². The topological polar surface area (TPSA) is 49.2 Å². The molecule has 0 aliphatic rings. The largest absolute Gasteiger partial charge is 0.378 e. The number of H-pyrrole nitrogens is 1. The first kappa shape index (κ1) is 14.7. The van der Waals surface area contributed by atoms with Gasteiger partial charge < -0.3 is 4.90 Å². The third-order valence-electron chi connectivity index (χ3n) is 3.12. The van der Waals surface area contributed by atoms with Gasteiger partial charge in [-0.15, -0.1) is 11.3 Å². The highest BCUT2D eigenvalue weighted by Gasteiger charge is 2.08. The Morgan fingerprint density at radius 3 is 2.68 bits per heavy atom. The van der Waals surface area contributed by atoms with Gasteiger partial charge in [0, 0.05) is 19.8 Å². The Labute approximate surface area is 137 Å². The van der Waals surface area contributed by atoms with Crippen molar-refractivity contribution in [3.63, 3.8) is 0 Å². The number of nitrogens with zero attached hydrogens (tertiary/aromatic N) is 4. The molecule has 1 N–H and O–H groups in total. The molecule has 0 aliphatic carbocycles. The number of anilines is 1. The minimum Gasteiger partial charge on any atom is -0.378 e. The smallest absolute Gasteiger partial charge is 0.216 e. The lowest BCUT2D eigenvalue weighted by atomic mass is 10.2. The first-order valence-corrected chi connectivity index (χ1v) is 7.97. The average Bonchev–Trinajstić information content (AvgIpc) is 3.15. The summed E-state index contributed by atoms with van der Waals surface area (Å²) in [6.07, 6.45) is 1.78. The number of nitrogens with one attached hydrogen (secondary N) is 1. The van der Waals surface area contributed by atoms with E-state index in [1.807, 2.05) is 43.7 Å². The molecule has 0 aliphatic heterocycles. The van der Waals surface area contributed by atoms with Gasteiger partial charge in [-0.25, -0.2) is 5.10 Å². The molecular weight excluding hydrogens is 314 g/mol. The molecule has 1 aromatic carbocycles. The molecule has 0 saturated carbocycles. The van der Waals surface area contributed by atoms with Crippen LogP contribution in [0.25, 0.3) is 10.7 Å². The Hall–Kier alpha value is -2.25. The summed E-state index contributed by atoms with van der Waals surface area (Å²) in [6.45, 7) is 0. The van der Waals surface area contributed by atoms with Crippen molar-refractivity contribution in [2.75, 3.05) is 19.0 Å². The molecule has 0 fully saturated rings. The molecule has 112 valence electrons. The predicted molar refractivity (Wildman–Crippen MR) is 94.5 cm³/mol. The summed E-state index contributed by atoms with van der Waals surface area (Å²) in [7, 11) is 4.03. The van der Waals surface area contributed by atoms with Gasteiger partial charge in [0.2, 0.25) is 4.77 Å². The standard InChI is InChI=1S/C15H15N5S2/c1-19(2)12-7-5-11(6-8-12)10-16-20-14(17-18-15(20)21)13-4-3-9-22-13/h3-10H,1-2H3,(H,18,21)/b16-10-. The lowest BCUT2D eigenvalue weighted by molar-refractivity contribution is 0.873. The lowest BCUT2D eigenvalue weighted by Gasteiger charge is -2.11. The maximum atomic E-state index is 5.25. The first-order chi connectivity index (χ1) is 10.6. The Balaban J connectivity index is 1.90. The van der Waals surface area contributed by atoms with Gasteiger partial charge in [-0.2, -0.15) is 14.9 Å². The molecule has 0 radical (unpaired) electrons. The molecule has 0 bridgehead atoms. The van der Waals surface area contributed by atoms with Gasteiger partial charge in [-0.3, -0.25) is 0 Å². The highest BCUT2D eigenvalue weighted by molar-refractivity contribution is 7.71. The number of hydrogen-bond donors (Lipinski definition) is 1. The second-order valence-electron chi connectivity index (χ2n) is 4.87. The highest BCUT2D eigenvalue weighted by atomic mass is 32.1. The van der Waals surface area contributed by atoms with Gasteiger partial charge in [0.05, 0.1) is 11.1 Å². The molecule has 0 atom stereocenters. The van der Waals surface area contributed by atoms with E-state index in [0.29, 0.717) is 4.77 Å². The third kappa shape index (κ3) is 3.00. The molecule has 3 rings (SSSR count). The zero-order valence-corrected chi connectivity index (χ0v) is 13.9. The van der Waals surface area contributed by atoms with Gasteiger partial charge in [0.25, 0.3) is 0 Å². The van der Waals surface area contributed by atoms with E-state index in [0.717, 1.165) is 22.0 Å². The zero-order chi connectivity index (χ0) is 15.5. The second-order valence-corrected chi connectivity index (χ2v) is 6.21. The molecule has 3 aromatic rings. The number of rotatable bonds is 4. The molecule has 22 heavy (non-hydrogen) atoms. The van der Waals surface area contributed by atoms with Crippen LogP contribution in [-0.2, 0) is 0 Å². The van der Waals surface area contributed by atoms with Gasteiger partial charge >= 0.3 is 0 Å². The highest BCUT2D eigenvalue weighted by Crippen LogP contribution is 2.22. The van der Waals surface area contributed by atoms with Crippen molar-refractivity contribution in [3.05, 3.63) is 52.1 Å². The maximum absolute atomic E-state index is 5.25. The molecule has 0 unspecified atom stereocenters. The monoisotopic (exact) mass is 329 g/mol. The van der Waals surface area contributed by atoms with Crippen LogP contribution in [0.1, 0.15) is 5.56 Å². The molecule has 0 saturated heterocycles. The van der Waals surface area contributed by atoms with E-state index >= 15 is 0 Å². The fourth-order valence-corrected chi connectivity index (χ4v) is 2.82. The summed E-state index contributed by atoms with van der Waals surface area (Å²) in [5, 5.41) is 13.5. The van der Waals surface area contributed by atoms with E-state index in [-0.39, 0.29) is 0 Å². The van der Waals surface area contributed by atoms with Gasteiger partial charge in [0.1, 0.15) is 0 Å². The van der Waals surface area contributed by atoms with Crippen LogP contribution in [0.15, 0.2) is 46.9 Å². The fraction of sp³-hybridized carbons (Fsp3) is 0.133. The van der Waals surface area contributed by atoms with E-state index in [9.17, 15) is 0 Å². The molecular formula is C15H15N5S2. The van der Waals surface area contributed by atoms with Crippen LogP contribution in [0.5, 0.6) is 0 Å². The van der Waals surface area contributed by atoms with Crippen LogP contribution in [-0.4, -0.2) is 35.2 Å². The van der Waals surface area contributed by atoms with Crippen molar-refractivity contribution >= 4 is 35.5 Å². The van der Waals surface area contributed by atoms with Crippen LogP contribution < -0.4 is 4.90 Å². The molecule has 2 heterocycles. The van der Waals surface area contributed by atoms with Crippen molar-refractivity contribution in [1.29, 1.82) is 0 Å². The molecule has 2 aromatic heterocycles. The maximum Gasteiger partial charge on any atom is 0.216 e. The minimum absolute atomic E-state index is 0.476. The molecule has 5 nitrogen and oxygen atoms in total. The average molecular weight is 329 g/mol. The Morgan fingerprint density at radius 1 is 1.27 bits per heavy atom. The second kappa shape index (κ2) is 6.25.